The Kier molecular flexibility index (Phi) is 6.01. The SMILES string of the molecule is Cc1cccc(CNC(=O)c2cccn(CC(=O)NC3CCCC3)c2=O)n1. The Hall–Kier alpha value is -2.96. The number of carbonyl (C=O) groups is 2. The first-order chi connectivity index (χ1) is 13.0. The predicted octanol–water partition coefficient (Wildman–Crippen LogP) is 1.54. The van der Waals surface area contributed by atoms with Crippen molar-refractivity contribution in [3.63, 3.8) is 0 Å². The van der Waals surface area contributed by atoms with Gasteiger partial charge in [0.25, 0.3) is 11.5 Å². The Morgan fingerprint density at radius 1 is 1.19 bits per heavy atom. The summed E-state index contributed by atoms with van der Waals surface area (Å²) in [5.41, 5.74) is 1.11. The Morgan fingerprint density at radius 2 is 1.96 bits per heavy atom. The van der Waals surface area contributed by atoms with E-state index in [2.05, 4.69) is 15.6 Å². The van der Waals surface area contributed by atoms with E-state index in [1.54, 1.807) is 6.07 Å². The summed E-state index contributed by atoms with van der Waals surface area (Å²) in [5, 5.41) is 5.65. The second-order valence-electron chi connectivity index (χ2n) is 6.86. The number of hydrogen-bond donors (Lipinski definition) is 2. The summed E-state index contributed by atoms with van der Waals surface area (Å²) in [6, 6.07) is 8.81. The molecule has 27 heavy (non-hydrogen) atoms. The molecule has 0 radical (unpaired) electrons. The van der Waals surface area contributed by atoms with Crippen molar-refractivity contribution in [2.24, 2.45) is 0 Å². The van der Waals surface area contributed by atoms with Gasteiger partial charge in [-0.3, -0.25) is 19.4 Å². The monoisotopic (exact) mass is 368 g/mol. The topological polar surface area (TPSA) is 93.1 Å². The zero-order valence-corrected chi connectivity index (χ0v) is 15.4. The van der Waals surface area contributed by atoms with E-state index in [0.29, 0.717) is 0 Å². The van der Waals surface area contributed by atoms with Gasteiger partial charge in [0, 0.05) is 17.9 Å². The number of nitrogens with one attached hydrogen (secondary N) is 2. The summed E-state index contributed by atoms with van der Waals surface area (Å²) in [7, 11) is 0. The number of pyridine rings is 2. The molecule has 0 unspecified atom stereocenters. The van der Waals surface area contributed by atoms with E-state index in [-0.39, 0.29) is 30.6 Å². The Morgan fingerprint density at radius 3 is 2.70 bits per heavy atom. The zero-order chi connectivity index (χ0) is 19.2. The molecule has 2 heterocycles. The van der Waals surface area contributed by atoms with E-state index in [0.717, 1.165) is 37.1 Å². The number of hydrogen-bond acceptors (Lipinski definition) is 4. The lowest BCUT2D eigenvalue weighted by Crippen LogP contribution is -2.39. The molecule has 1 fully saturated rings. The highest BCUT2D eigenvalue weighted by atomic mass is 16.2. The highest BCUT2D eigenvalue weighted by Gasteiger charge is 2.18. The maximum atomic E-state index is 12.6. The largest absolute Gasteiger partial charge is 0.352 e. The van der Waals surface area contributed by atoms with Crippen molar-refractivity contribution in [2.75, 3.05) is 0 Å². The van der Waals surface area contributed by atoms with Gasteiger partial charge in [0.15, 0.2) is 0 Å². The molecule has 0 atom stereocenters. The normalized spacial score (nSPS) is 14.1. The summed E-state index contributed by atoms with van der Waals surface area (Å²) in [6.07, 6.45) is 5.73. The highest BCUT2D eigenvalue weighted by molar-refractivity contribution is 5.93. The van der Waals surface area contributed by atoms with E-state index in [1.165, 1.54) is 16.8 Å². The molecule has 1 aliphatic rings. The average Bonchev–Trinajstić information content (AvgIpc) is 3.14. The average molecular weight is 368 g/mol. The summed E-state index contributed by atoms with van der Waals surface area (Å²) in [4.78, 5) is 41.4. The van der Waals surface area contributed by atoms with Gasteiger partial charge >= 0.3 is 0 Å². The molecule has 0 aromatic carbocycles. The smallest absolute Gasteiger partial charge is 0.263 e. The number of aromatic nitrogens is 2. The van der Waals surface area contributed by atoms with Gasteiger partial charge < -0.3 is 15.2 Å². The first kappa shape index (κ1) is 18.8. The standard InChI is InChI=1S/C20H24N4O3/c1-14-6-4-9-16(22-14)12-21-19(26)17-10-5-11-24(20(17)27)13-18(25)23-15-7-2-3-8-15/h4-6,9-11,15H,2-3,7-8,12-13H2,1H3,(H,21,26)(H,23,25). The summed E-state index contributed by atoms with van der Waals surface area (Å²) < 4.78 is 1.27. The molecule has 1 saturated carbocycles. The van der Waals surface area contributed by atoms with Crippen molar-refractivity contribution >= 4 is 11.8 Å². The van der Waals surface area contributed by atoms with Crippen LogP contribution < -0.4 is 16.2 Å². The number of rotatable bonds is 6. The van der Waals surface area contributed by atoms with Crippen LogP contribution in [0.25, 0.3) is 0 Å². The molecule has 0 saturated heterocycles. The molecule has 0 bridgehead atoms. The van der Waals surface area contributed by atoms with Gasteiger partial charge in [0.05, 0.1) is 12.2 Å². The van der Waals surface area contributed by atoms with Crippen molar-refractivity contribution in [1.82, 2.24) is 20.2 Å². The van der Waals surface area contributed by atoms with Crippen LogP contribution in [0.4, 0.5) is 0 Å². The van der Waals surface area contributed by atoms with Gasteiger partial charge in [-0.1, -0.05) is 18.9 Å². The second kappa shape index (κ2) is 8.62. The third kappa shape index (κ3) is 5.03. The maximum Gasteiger partial charge on any atom is 0.263 e. The minimum atomic E-state index is -0.478. The van der Waals surface area contributed by atoms with Crippen molar-refractivity contribution in [3.05, 3.63) is 63.8 Å². The quantitative estimate of drug-likeness (QED) is 0.809. The molecular formula is C20H24N4O3. The first-order valence-electron chi connectivity index (χ1n) is 9.22. The van der Waals surface area contributed by atoms with Crippen LogP contribution in [0.15, 0.2) is 41.3 Å². The van der Waals surface area contributed by atoms with E-state index >= 15 is 0 Å². The highest BCUT2D eigenvalue weighted by Crippen LogP contribution is 2.17. The van der Waals surface area contributed by atoms with Crippen molar-refractivity contribution in [1.29, 1.82) is 0 Å². The Balaban J connectivity index is 1.63. The number of nitrogens with zero attached hydrogens (tertiary/aromatic N) is 2. The molecule has 7 nitrogen and oxygen atoms in total. The van der Waals surface area contributed by atoms with Crippen LogP contribution in [0.5, 0.6) is 0 Å². The number of carbonyl (C=O) groups excluding carboxylic acids is 2. The van der Waals surface area contributed by atoms with E-state index in [4.69, 9.17) is 0 Å². The van der Waals surface area contributed by atoms with Crippen LogP contribution in [-0.2, 0) is 17.9 Å². The first-order valence-corrected chi connectivity index (χ1v) is 9.22. The number of amides is 2. The summed E-state index contributed by atoms with van der Waals surface area (Å²) in [6.45, 7) is 2.02. The third-order valence-corrected chi connectivity index (χ3v) is 4.68. The molecule has 3 rings (SSSR count). The Bertz CT molecular complexity index is 885. The van der Waals surface area contributed by atoms with Crippen molar-refractivity contribution in [3.8, 4) is 0 Å². The van der Waals surface area contributed by atoms with Crippen LogP contribution >= 0.6 is 0 Å². The summed E-state index contributed by atoms with van der Waals surface area (Å²) in [5.74, 6) is -0.681. The lowest BCUT2D eigenvalue weighted by molar-refractivity contribution is -0.122. The molecule has 0 spiro atoms. The minimum absolute atomic E-state index is 0.0128. The molecule has 1 aliphatic carbocycles. The molecule has 2 amide bonds. The van der Waals surface area contributed by atoms with Crippen molar-refractivity contribution < 1.29 is 9.59 Å². The van der Waals surface area contributed by atoms with Gasteiger partial charge in [0.2, 0.25) is 5.91 Å². The van der Waals surface area contributed by atoms with Crippen LogP contribution in [-0.4, -0.2) is 27.4 Å². The van der Waals surface area contributed by atoms with Crippen molar-refractivity contribution in [2.45, 2.75) is 51.7 Å². The van der Waals surface area contributed by atoms with Crippen LogP contribution in [0.2, 0.25) is 0 Å². The van der Waals surface area contributed by atoms with Crippen LogP contribution in [0, 0.1) is 6.92 Å². The van der Waals surface area contributed by atoms with Gasteiger partial charge in [-0.2, -0.15) is 0 Å². The van der Waals surface area contributed by atoms with Gasteiger partial charge in [-0.25, -0.2) is 0 Å². The minimum Gasteiger partial charge on any atom is -0.352 e. The summed E-state index contributed by atoms with van der Waals surface area (Å²) >= 11 is 0. The fourth-order valence-corrected chi connectivity index (χ4v) is 3.30. The molecule has 142 valence electrons. The van der Waals surface area contributed by atoms with E-state index < -0.39 is 11.5 Å². The van der Waals surface area contributed by atoms with E-state index in [9.17, 15) is 14.4 Å². The van der Waals surface area contributed by atoms with Crippen LogP contribution in [0.1, 0.15) is 47.4 Å². The fourth-order valence-electron chi connectivity index (χ4n) is 3.30. The second-order valence-corrected chi connectivity index (χ2v) is 6.86. The molecule has 0 aliphatic heterocycles. The van der Waals surface area contributed by atoms with Gasteiger partial charge in [-0.05, 0) is 44.0 Å². The molecule has 7 heteroatoms. The lowest BCUT2D eigenvalue weighted by Gasteiger charge is -2.13. The maximum absolute atomic E-state index is 12.6. The van der Waals surface area contributed by atoms with Gasteiger partial charge in [0.1, 0.15) is 12.1 Å². The Labute approximate surface area is 157 Å². The van der Waals surface area contributed by atoms with Gasteiger partial charge in [-0.15, -0.1) is 0 Å². The molecular weight excluding hydrogens is 344 g/mol. The van der Waals surface area contributed by atoms with E-state index in [1.807, 2.05) is 25.1 Å². The lowest BCUT2D eigenvalue weighted by atomic mass is 10.2. The zero-order valence-electron chi connectivity index (χ0n) is 15.4. The number of aryl methyl sites for hydroxylation is 1. The predicted molar refractivity (Wildman–Crippen MR) is 101 cm³/mol. The molecule has 2 N–H and O–H groups in total. The molecule has 2 aromatic heterocycles. The fraction of sp³-hybridized carbons (Fsp3) is 0.400. The van der Waals surface area contributed by atoms with Crippen LogP contribution in [0.3, 0.4) is 0 Å². The third-order valence-electron chi connectivity index (χ3n) is 4.68. The molecule has 2 aromatic rings.